The number of anilines is 1. The molecule has 0 radical (unpaired) electrons. The molecule has 0 unspecified atom stereocenters. The number of aliphatic hydroxyl groups is 1. The number of oxazole rings is 1. The van der Waals surface area contributed by atoms with E-state index in [0.717, 1.165) is 14.7 Å². The number of nitro benzene ring substituents is 1. The Kier molecular flexibility index (Phi) is 6.80. The van der Waals surface area contributed by atoms with Gasteiger partial charge < -0.3 is 14.8 Å². The molecule has 10 nitrogen and oxygen atoms in total. The van der Waals surface area contributed by atoms with Crippen molar-refractivity contribution < 1.29 is 14.4 Å². The van der Waals surface area contributed by atoms with Crippen LogP contribution in [0.5, 0.6) is 0 Å². The van der Waals surface area contributed by atoms with E-state index >= 15 is 0 Å². The molecular weight excluding hydrogens is 542 g/mol. The fourth-order valence-corrected chi connectivity index (χ4v) is 4.56. The van der Waals surface area contributed by atoms with Gasteiger partial charge in [-0.3, -0.25) is 14.9 Å². The first-order valence-corrected chi connectivity index (χ1v) is 12.1. The van der Waals surface area contributed by atoms with Crippen molar-refractivity contribution in [3.63, 3.8) is 0 Å². The number of nitrogens with one attached hydrogen (secondary N) is 1. The molecule has 5 aromatic rings. The zero-order valence-corrected chi connectivity index (χ0v) is 20.9. The molecule has 0 saturated heterocycles. The molecule has 2 heterocycles. The SMILES string of the molecule is O=c1c2ccccc2c(-c2cc(Br)cc(-c3cnco3)c2)nn1-c1cc(NCCCO)ccc1[N+](=O)[O-]. The summed E-state index contributed by atoms with van der Waals surface area (Å²) < 4.78 is 7.28. The third kappa shape index (κ3) is 4.86. The maximum atomic E-state index is 13.6. The lowest BCUT2D eigenvalue weighted by atomic mass is 10.0. The van der Waals surface area contributed by atoms with Crippen LogP contribution >= 0.6 is 15.9 Å². The fraction of sp³-hybridized carbons (Fsp3) is 0.115. The van der Waals surface area contributed by atoms with E-state index in [9.17, 15) is 14.9 Å². The van der Waals surface area contributed by atoms with Crippen LogP contribution in [0, 0.1) is 10.1 Å². The van der Waals surface area contributed by atoms with Gasteiger partial charge in [-0.2, -0.15) is 9.78 Å². The summed E-state index contributed by atoms with van der Waals surface area (Å²) in [5, 5.41) is 29.7. The first kappa shape index (κ1) is 24.3. The molecule has 3 aromatic carbocycles. The molecule has 0 bridgehead atoms. The molecule has 2 aromatic heterocycles. The van der Waals surface area contributed by atoms with Gasteiger partial charge in [-0.25, -0.2) is 4.98 Å². The van der Waals surface area contributed by atoms with E-state index in [2.05, 4.69) is 31.3 Å². The largest absolute Gasteiger partial charge is 0.444 e. The van der Waals surface area contributed by atoms with Crippen molar-refractivity contribution >= 4 is 38.1 Å². The van der Waals surface area contributed by atoms with Gasteiger partial charge in [0.15, 0.2) is 12.2 Å². The summed E-state index contributed by atoms with van der Waals surface area (Å²) >= 11 is 3.53. The molecule has 0 aliphatic rings. The Balaban J connectivity index is 1.76. The summed E-state index contributed by atoms with van der Waals surface area (Å²) in [6.45, 7) is 0.464. The van der Waals surface area contributed by atoms with E-state index in [4.69, 9.17) is 9.52 Å². The number of rotatable bonds is 8. The Morgan fingerprint density at radius 1 is 1.08 bits per heavy atom. The molecule has 0 amide bonds. The summed E-state index contributed by atoms with van der Waals surface area (Å²) in [6.07, 6.45) is 3.43. The average Bonchev–Trinajstić information content (AvgIpc) is 3.44. The first-order chi connectivity index (χ1) is 18.0. The van der Waals surface area contributed by atoms with Gasteiger partial charge >= 0.3 is 0 Å². The van der Waals surface area contributed by atoms with Crippen LogP contribution < -0.4 is 10.9 Å². The van der Waals surface area contributed by atoms with Crippen LogP contribution in [-0.2, 0) is 0 Å². The summed E-state index contributed by atoms with van der Waals surface area (Å²) in [5.74, 6) is 0.553. The van der Waals surface area contributed by atoms with E-state index in [1.807, 2.05) is 18.2 Å². The van der Waals surface area contributed by atoms with Gasteiger partial charge in [0.1, 0.15) is 5.69 Å². The quantitative estimate of drug-likeness (QED) is 0.150. The monoisotopic (exact) mass is 561 g/mol. The molecule has 11 heteroatoms. The van der Waals surface area contributed by atoms with Gasteiger partial charge in [0.2, 0.25) is 0 Å². The molecule has 0 fully saturated rings. The minimum Gasteiger partial charge on any atom is -0.444 e. The van der Waals surface area contributed by atoms with E-state index in [1.54, 1.807) is 36.5 Å². The van der Waals surface area contributed by atoms with E-state index in [0.29, 0.717) is 46.4 Å². The maximum Gasteiger partial charge on any atom is 0.295 e. The van der Waals surface area contributed by atoms with Crippen LogP contribution in [0.25, 0.3) is 39.0 Å². The lowest BCUT2D eigenvalue weighted by molar-refractivity contribution is -0.384. The van der Waals surface area contributed by atoms with E-state index < -0.39 is 10.5 Å². The van der Waals surface area contributed by atoms with Crippen molar-refractivity contribution in [2.75, 3.05) is 18.5 Å². The van der Waals surface area contributed by atoms with Gasteiger partial charge in [-0.1, -0.05) is 34.1 Å². The topological polar surface area (TPSA) is 136 Å². The zero-order valence-electron chi connectivity index (χ0n) is 19.3. The zero-order chi connectivity index (χ0) is 25.9. The second kappa shape index (κ2) is 10.3. The number of aromatic nitrogens is 3. The minimum atomic E-state index is -0.545. The Bertz CT molecular complexity index is 1670. The van der Waals surface area contributed by atoms with Crippen molar-refractivity contribution in [2.45, 2.75) is 6.42 Å². The third-order valence-electron chi connectivity index (χ3n) is 5.76. The lowest BCUT2D eigenvalue weighted by Crippen LogP contribution is -2.23. The molecular formula is C26H20BrN5O5. The summed E-state index contributed by atoms with van der Waals surface area (Å²) in [6, 6.07) is 17.0. The van der Waals surface area contributed by atoms with Gasteiger partial charge in [-0.05, 0) is 42.8 Å². The second-order valence-corrected chi connectivity index (χ2v) is 9.09. The van der Waals surface area contributed by atoms with Crippen molar-refractivity contribution in [1.82, 2.24) is 14.8 Å². The Morgan fingerprint density at radius 3 is 2.59 bits per heavy atom. The normalized spacial score (nSPS) is 11.1. The molecule has 5 rings (SSSR count). The molecule has 0 aliphatic heterocycles. The molecule has 0 aliphatic carbocycles. The van der Waals surface area contributed by atoms with Crippen LogP contribution in [0.4, 0.5) is 11.4 Å². The van der Waals surface area contributed by atoms with Crippen molar-refractivity contribution in [3.05, 3.63) is 98.2 Å². The number of hydrogen-bond acceptors (Lipinski definition) is 8. The molecule has 0 spiro atoms. The highest BCUT2D eigenvalue weighted by atomic mass is 79.9. The second-order valence-electron chi connectivity index (χ2n) is 8.17. The van der Waals surface area contributed by atoms with Crippen LogP contribution in [0.15, 0.2) is 86.9 Å². The molecule has 186 valence electrons. The molecule has 37 heavy (non-hydrogen) atoms. The molecule has 0 saturated carbocycles. The minimum absolute atomic E-state index is 0.00454. The van der Waals surface area contributed by atoms with Crippen LogP contribution in [-0.4, -0.2) is 37.9 Å². The van der Waals surface area contributed by atoms with Gasteiger partial charge in [0.05, 0.1) is 22.2 Å². The standard InChI is InChI=1S/C26H20BrN5O5/c27-18-11-16(24-14-28-15-37-24)10-17(12-18)25-20-4-1-2-5-21(20)26(34)31(30-25)23-13-19(29-8-3-9-33)6-7-22(23)32(35)36/h1-2,4-7,10-15,29,33H,3,8-9H2. The fourth-order valence-electron chi connectivity index (χ4n) is 4.06. The average molecular weight is 562 g/mol. The van der Waals surface area contributed by atoms with Crippen molar-refractivity contribution in [2.24, 2.45) is 0 Å². The van der Waals surface area contributed by atoms with Gasteiger partial charge in [0.25, 0.3) is 11.2 Å². The number of halogens is 1. The number of nitrogens with zero attached hydrogens (tertiary/aromatic N) is 4. The number of fused-ring (bicyclic) bond motifs is 1. The van der Waals surface area contributed by atoms with E-state index in [1.165, 1.54) is 18.5 Å². The number of aliphatic hydroxyl groups excluding tert-OH is 1. The highest BCUT2D eigenvalue weighted by Crippen LogP contribution is 2.33. The lowest BCUT2D eigenvalue weighted by Gasteiger charge is -2.14. The Hall–Kier alpha value is -4.35. The maximum absolute atomic E-state index is 13.6. The molecule has 2 N–H and O–H groups in total. The predicted octanol–water partition coefficient (Wildman–Crippen LogP) is 5.17. The number of hydrogen-bond donors (Lipinski definition) is 2. The predicted molar refractivity (Wildman–Crippen MR) is 143 cm³/mol. The van der Waals surface area contributed by atoms with Crippen molar-refractivity contribution in [1.29, 1.82) is 0 Å². The smallest absolute Gasteiger partial charge is 0.295 e. The first-order valence-electron chi connectivity index (χ1n) is 11.3. The summed E-state index contributed by atoms with van der Waals surface area (Å²) in [5.41, 5.74) is 1.72. The number of benzene rings is 3. The van der Waals surface area contributed by atoms with Gasteiger partial charge in [0, 0.05) is 45.9 Å². The number of nitro groups is 1. The van der Waals surface area contributed by atoms with Gasteiger partial charge in [-0.15, -0.1) is 0 Å². The Morgan fingerprint density at radius 2 is 1.86 bits per heavy atom. The van der Waals surface area contributed by atoms with E-state index in [-0.39, 0.29) is 18.0 Å². The highest BCUT2D eigenvalue weighted by Gasteiger charge is 2.22. The van der Waals surface area contributed by atoms with Crippen LogP contribution in [0.3, 0.4) is 0 Å². The van der Waals surface area contributed by atoms with Crippen LogP contribution in [0.1, 0.15) is 6.42 Å². The molecule has 0 atom stereocenters. The summed E-state index contributed by atoms with van der Waals surface area (Å²) in [7, 11) is 0. The van der Waals surface area contributed by atoms with Crippen molar-refractivity contribution in [3.8, 4) is 28.3 Å². The third-order valence-corrected chi connectivity index (χ3v) is 6.22. The van der Waals surface area contributed by atoms with Crippen LogP contribution in [0.2, 0.25) is 0 Å². The summed E-state index contributed by atoms with van der Waals surface area (Å²) in [4.78, 5) is 28.9. The Labute approximate surface area is 218 Å². The highest BCUT2D eigenvalue weighted by molar-refractivity contribution is 9.10.